The lowest BCUT2D eigenvalue weighted by Crippen LogP contribution is -2.57. The first kappa shape index (κ1) is 23.8. The lowest BCUT2D eigenvalue weighted by Gasteiger charge is -2.41. The Hall–Kier alpha value is -2.82. The van der Waals surface area contributed by atoms with E-state index in [1.807, 2.05) is 23.1 Å². The molecular formula is C20H25Cl2N7O3. The molecule has 5 N–H and O–H groups in total. The summed E-state index contributed by atoms with van der Waals surface area (Å²) in [4.78, 5) is 31.7. The molecule has 32 heavy (non-hydrogen) atoms. The molecule has 172 valence electrons. The zero-order chi connectivity index (χ0) is 23.1. The number of nitrogens with two attached hydrogens (primary N) is 1. The summed E-state index contributed by atoms with van der Waals surface area (Å²) < 4.78 is 0. The van der Waals surface area contributed by atoms with Crippen LogP contribution in [0.5, 0.6) is 0 Å². The number of nitrogens with one attached hydrogen (secondary N) is 2. The van der Waals surface area contributed by atoms with Gasteiger partial charge in [0, 0.05) is 37.9 Å². The van der Waals surface area contributed by atoms with Crippen LogP contribution in [0.15, 0.2) is 29.3 Å². The fourth-order valence-electron chi connectivity index (χ4n) is 3.58. The number of piperazine rings is 1. The summed E-state index contributed by atoms with van der Waals surface area (Å²) in [6, 6.07) is 7.03. The van der Waals surface area contributed by atoms with Crippen LogP contribution in [0.3, 0.4) is 0 Å². The van der Waals surface area contributed by atoms with Crippen molar-refractivity contribution >= 4 is 47.2 Å². The number of aliphatic hydroxyl groups is 1. The number of aromatic nitrogens is 2. The predicted molar refractivity (Wildman–Crippen MR) is 124 cm³/mol. The van der Waals surface area contributed by atoms with Gasteiger partial charge in [-0.15, -0.1) is 0 Å². The summed E-state index contributed by atoms with van der Waals surface area (Å²) >= 11 is 12.4. The van der Waals surface area contributed by atoms with E-state index in [1.54, 1.807) is 11.0 Å². The minimum absolute atomic E-state index is 0.0657. The summed E-state index contributed by atoms with van der Waals surface area (Å²) in [6.45, 7) is 1.14. The molecule has 0 spiro atoms. The normalized spacial score (nSPS) is 16.5. The van der Waals surface area contributed by atoms with E-state index in [9.17, 15) is 14.7 Å². The maximum Gasteiger partial charge on any atom is 0.242 e. The molecule has 2 amide bonds. The summed E-state index contributed by atoms with van der Waals surface area (Å²) in [5, 5.41) is 20.3. The zero-order valence-electron chi connectivity index (χ0n) is 17.3. The topological polar surface area (TPSA) is 140 Å². The van der Waals surface area contributed by atoms with E-state index in [1.165, 1.54) is 0 Å². The number of aromatic amines is 1. The van der Waals surface area contributed by atoms with Gasteiger partial charge in [0.2, 0.25) is 11.8 Å². The molecule has 0 radical (unpaired) electrons. The molecule has 10 nitrogen and oxygen atoms in total. The van der Waals surface area contributed by atoms with Gasteiger partial charge in [-0.3, -0.25) is 19.7 Å². The Bertz CT molecular complexity index is 982. The highest BCUT2D eigenvalue weighted by Crippen LogP contribution is 2.34. The third-order valence-electron chi connectivity index (χ3n) is 5.17. The molecule has 2 aromatic rings. The molecule has 1 atom stereocenters. The number of carbonyl (C=O) groups excluding carboxylic acids is 2. The van der Waals surface area contributed by atoms with Crippen LogP contribution in [0.2, 0.25) is 10.0 Å². The Balaban J connectivity index is 1.66. The highest BCUT2D eigenvalue weighted by atomic mass is 35.5. The van der Waals surface area contributed by atoms with Crippen LogP contribution in [-0.2, 0) is 9.59 Å². The molecule has 1 unspecified atom stereocenters. The molecule has 2 heterocycles. The lowest BCUT2D eigenvalue weighted by molar-refractivity contribution is -0.135. The van der Waals surface area contributed by atoms with Gasteiger partial charge >= 0.3 is 0 Å². The van der Waals surface area contributed by atoms with E-state index in [2.05, 4.69) is 20.5 Å². The van der Waals surface area contributed by atoms with Crippen molar-refractivity contribution in [2.45, 2.75) is 12.5 Å². The van der Waals surface area contributed by atoms with Crippen molar-refractivity contribution < 1.29 is 14.7 Å². The number of hydrogen-bond acceptors (Lipinski definition) is 6. The van der Waals surface area contributed by atoms with Gasteiger partial charge in [0.25, 0.3) is 0 Å². The second kappa shape index (κ2) is 11.2. The molecule has 3 rings (SSSR count). The Labute approximate surface area is 195 Å². The molecule has 0 aliphatic carbocycles. The molecule has 12 heteroatoms. The maximum absolute atomic E-state index is 12.7. The van der Waals surface area contributed by atoms with Crippen LogP contribution in [0, 0.1) is 0 Å². The van der Waals surface area contributed by atoms with E-state index in [0.717, 1.165) is 17.6 Å². The van der Waals surface area contributed by atoms with Crippen molar-refractivity contribution in [2.75, 3.05) is 44.2 Å². The number of aliphatic imine (C=N–C) groups is 1. The minimum atomic E-state index is -0.388. The van der Waals surface area contributed by atoms with E-state index >= 15 is 0 Å². The molecule has 1 aliphatic rings. The minimum Gasteiger partial charge on any atom is -0.396 e. The summed E-state index contributed by atoms with van der Waals surface area (Å²) in [5.74, 6) is 0.0988. The van der Waals surface area contributed by atoms with Gasteiger partial charge in [-0.05, 0) is 12.5 Å². The van der Waals surface area contributed by atoms with Crippen molar-refractivity contribution in [3.8, 4) is 11.3 Å². The predicted octanol–water partition coefficient (Wildman–Crippen LogP) is 0.886. The average molecular weight is 482 g/mol. The van der Waals surface area contributed by atoms with Crippen molar-refractivity contribution in [3.05, 3.63) is 34.3 Å². The molecule has 0 bridgehead atoms. The number of aliphatic hydroxyl groups excluding tert-OH is 1. The molecule has 0 saturated carbocycles. The van der Waals surface area contributed by atoms with Crippen molar-refractivity contribution in [1.82, 2.24) is 20.4 Å². The number of halogens is 2. The molecule has 1 aliphatic heterocycles. The lowest BCUT2D eigenvalue weighted by atomic mass is 10.1. The van der Waals surface area contributed by atoms with Crippen LogP contribution in [0.4, 0.5) is 5.82 Å². The van der Waals surface area contributed by atoms with E-state index in [-0.39, 0.29) is 37.6 Å². The molecule has 1 saturated heterocycles. The molecular weight excluding hydrogens is 457 g/mol. The second-order valence-electron chi connectivity index (χ2n) is 7.21. The standard InChI is InChI=1S/C20H25Cl2N7O3/c21-15-3-1-2-14(20(15)22)16-8-17(27-26-16)28-5-6-29(13(11-28)4-7-30)19(32)10-25-18(31)9-24-12-23/h1-3,8,12-13,30H,4-7,9-11H2,(H2,23,24)(H,25,31)(H,26,27). The Morgan fingerprint density at radius 3 is 2.94 bits per heavy atom. The number of amides is 2. The summed E-state index contributed by atoms with van der Waals surface area (Å²) in [5.41, 5.74) is 6.59. The Morgan fingerprint density at radius 2 is 2.19 bits per heavy atom. The number of carbonyl (C=O) groups is 2. The summed E-state index contributed by atoms with van der Waals surface area (Å²) in [6.07, 6.45) is 1.45. The molecule has 1 aromatic heterocycles. The number of hydrogen-bond donors (Lipinski definition) is 4. The second-order valence-corrected chi connectivity index (χ2v) is 7.99. The number of benzene rings is 1. The van der Waals surface area contributed by atoms with Gasteiger partial charge in [0.1, 0.15) is 6.54 Å². The zero-order valence-corrected chi connectivity index (χ0v) is 18.8. The van der Waals surface area contributed by atoms with E-state index < -0.39 is 0 Å². The van der Waals surface area contributed by atoms with Crippen LogP contribution < -0.4 is 16.0 Å². The third kappa shape index (κ3) is 5.70. The van der Waals surface area contributed by atoms with Crippen LogP contribution in [-0.4, -0.2) is 83.7 Å². The first-order valence-corrected chi connectivity index (χ1v) is 10.8. The first-order chi connectivity index (χ1) is 15.4. The van der Waals surface area contributed by atoms with Crippen molar-refractivity contribution in [2.24, 2.45) is 10.7 Å². The molecule has 1 aromatic carbocycles. The third-order valence-corrected chi connectivity index (χ3v) is 5.99. The first-order valence-electron chi connectivity index (χ1n) is 10.1. The van der Waals surface area contributed by atoms with Gasteiger partial charge in [0.05, 0.1) is 34.7 Å². The SMILES string of the molecule is NC=NCC(=O)NCC(=O)N1CCN(c2cc(-c3cccc(Cl)c3Cl)[nH]n2)CC1CCO. The van der Waals surface area contributed by atoms with Gasteiger partial charge in [0.15, 0.2) is 5.82 Å². The highest BCUT2D eigenvalue weighted by Gasteiger charge is 2.31. The van der Waals surface area contributed by atoms with Crippen molar-refractivity contribution in [3.63, 3.8) is 0 Å². The number of nitrogens with zero attached hydrogens (tertiary/aromatic N) is 4. The molecule has 1 fully saturated rings. The van der Waals surface area contributed by atoms with Gasteiger partial charge in [-0.2, -0.15) is 5.10 Å². The van der Waals surface area contributed by atoms with Gasteiger partial charge in [-0.25, -0.2) is 0 Å². The van der Waals surface area contributed by atoms with E-state index in [0.29, 0.717) is 41.9 Å². The maximum atomic E-state index is 12.7. The van der Waals surface area contributed by atoms with Crippen molar-refractivity contribution in [1.29, 1.82) is 0 Å². The number of H-pyrrole nitrogens is 1. The Kier molecular flexibility index (Phi) is 8.32. The van der Waals surface area contributed by atoms with Crippen LogP contribution >= 0.6 is 23.2 Å². The number of anilines is 1. The summed E-state index contributed by atoms with van der Waals surface area (Å²) in [7, 11) is 0. The Morgan fingerprint density at radius 1 is 1.38 bits per heavy atom. The fourth-order valence-corrected chi connectivity index (χ4v) is 3.98. The highest BCUT2D eigenvalue weighted by molar-refractivity contribution is 6.43. The monoisotopic (exact) mass is 481 g/mol. The van der Waals surface area contributed by atoms with Crippen LogP contribution in [0.1, 0.15) is 6.42 Å². The number of rotatable bonds is 8. The quantitative estimate of drug-likeness (QED) is 0.326. The van der Waals surface area contributed by atoms with E-state index in [4.69, 9.17) is 28.9 Å². The van der Waals surface area contributed by atoms with Gasteiger partial charge < -0.3 is 26.0 Å². The fraction of sp³-hybridized carbons (Fsp3) is 0.400. The average Bonchev–Trinajstić information content (AvgIpc) is 3.28. The smallest absolute Gasteiger partial charge is 0.242 e. The largest absolute Gasteiger partial charge is 0.396 e. The van der Waals surface area contributed by atoms with Crippen LogP contribution in [0.25, 0.3) is 11.3 Å². The van der Waals surface area contributed by atoms with Gasteiger partial charge in [-0.1, -0.05) is 35.3 Å².